The molecule has 0 aliphatic heterocycles. The first-order chi connectivity index (χ1) is 7.68. The summed E-state index contributed by atoms with van der Waals surface area (Å²) in [5, 5.41) is 8.75. The molecule has 0 bridgehead atoms. The second kappa shape index (κ2) is 7.12. The average Bonchev–Trinajstić information content (AvgIpc) is 2.25. The Hall–Kier alpha value is -1.22. The number of hydrogen-bond donors (Lipinski definition) is 1. The molecule has 0 amide bonds. The summed E-state index contributed by atoms with van der Waals surface area (Å²) in [6.07, 6.45) is 4.35. The van der Waals surface area contributed by atoms with Crippen LogP contribution in [0.2, 0.25) is 0 Å². The topological polar surface area (TPSA) is 37.3 Å². The Labute approximate surface area is 100 Å². The van der Waals surface area contributed by atoms with E-state index in [2.05, 4.69) is 12.2 Å². The minimum atomic E-state index is -0.730. The van der Waals surface area contributed by atoms with Crippen LogP contribution in [0.15, 0.2) is 36.4 Å². The van der Waals surface area contributed by atoms with Crippen LogP contribution in [0.25, 0.3) is 6.08 Å². The molecule has 1 unspecified atom stereocenters. The van der Waals surface area contributed by atoms with Crippen LogP contribution in [0.4, 0.5) is 0 Å². The van der Waals surface area contributed by atoms with Crippen molar-refractivity contribution in [1.82, 2.24) is 0 Å². The van der Waals surface area contributed by atoms with Crippen LogP contribution in [0.5, 0.6) is 0 Å². The molecule has 0 aliphatic carbocycles. The Morgan fingerprint density at radius 3 is 2.75 bits per heavy atom. The van der Waals surface area contributed by atoms with Gasteiger partial charge in [0.2, 0.25) is 0 Å². The Kier molecular flexibility index (Phi) is 5.72. The van der Waals surface area contributed by atoms with Gasteiger partial charge in [0.15, 0.2) is 0 Å². The summed E-state index contributed by atoms with van der Waals surface area (Å²) in [6.45, 7) is 1.94. The lowest BCUT2D eigenvalue weighted by Crippen LogP contribution is -2.05. The van der Waals surface area contributed by atoms with E-state index in [-0.39, 0.29) is 11.7 Å². The van der Waals surface area contributed by atoms with Crippen molar-refractivity contribution in [3.05, 3.63) is 42.0 Å². The predicted molar refractivity (Wildman–Crippen MR) is 69.6 cm³/mol. The van der Waals surface area contributed by atoms with Crippen LogP contribution in [0.3, 0.4) is 0 Å². The van der Waals surface area contributed by atoms with Gasteiger partial charge in [0, 0.05) is 11.0 Å². The molecule has 1 rings (SSSR count). The van der Waals surface area contributed by atoms with Crippen LogP contribution in [-0.4, -0.2) is 22.1 Å². The maximum absolute atomic E-state index is 10.4. The molecule has 0 aliphatic rings. The maximum atomic E-state index is 10.4. The molecule has 0 fully saturated rings. The molecule has 1 aromatic carbocycles. The summed E-state index contributed by atoms with van der Waals surface area (Å²) >= 11 is 1.66. The quantitative estimate of drug-likeness (QED) is 0.823. The van der Waals surface area contributed by atoms with E-state index in [1.807, 2.05) is 37.3 Å². The van der Waals surface area contributed by atoms with E-state index in [0.717, 1.165) is 5.75 Å². The number of carboxylic acids is 1. The van der Waals surface area contributed by atoms with Gasteiger partial charge in [0.1, 0.15) is 0 Å². The van der Waals surface area contributed by atoms with Crippen LogP contribution >= 0.6 is 11.8 Å². The third-order valence-electron chi connectivity index (χ3n) is 2.05. The zero-order valence-corrected chi connectivity index (χ0v) is 10.1. The molecule has 0 heterocycles. The standard InChI is InChI=1S/C13H16O2S/c1-11(10-13(14)15)16-9-5-8-12-6-3-2-4-7-12/h2-8,11H,9-10H2,1H3,(H,14,15). The SMILES string of the molecule is CC(CC(=O)O)SCC=Cc1ccccc1. The van der Waals surface area contributed by atoms with Gasteiger partial charge in [-0.2, -0.15) is 11.8 Å². The number of aliphatic carboxylic acids is 1. The number of hydrogen-bond acceptors (Lipinski definition) is 2. The fourth-order valence-electron chi connectivity index (χ4n) is 1.27. The summed E-state index contributed by atoms with van der Waals surface area (Å²) in [7, 11) is 0. The van der Waals surface area contributed by atoms with Gasteiger partial charge < -0.3 is 5.11 Å². The van der Waals surface area contributed by atoms with Crippen molar-refractivity contribution in [2.24, 2.45) is 0 Å². The third kappa shape index (κ3) is 5.61. The van der Waals surface area contributed by atoms with E-state index >= 15 is 0 Å². The van der Waals surface area contributed by atoms with Gasteiger partial charge in [-0.05, 0) is 5.56 Å². The van der Waals surface area contributed by atoms with Crippen LogP contribution in [-0.2, 0) is 4.79 Å². The van der Waals surface area contributed by atoms with E-state index < -0.39 is 5.97 Å². The average molecular weight is 236 g/mol. The minimum absolute atomic E-state index is 0.165. The molecule has 0 aromatic heterocycles. The minimum Gasteiger partial charge on any atom is -0.481 e. The first-order valence-corrected chi connectivity index (χ1v) is 6.28. The van der Waals surface area contributed by atoms with E-state index in [0.29, 0.717) is 0 Å². The van der Waals surface area contributed by atoms with Crippen molar-refractivity contribution in [3.63, 3.8) is 0 Å². The fourth-order valence-corrected chi connectivity index (χ4v) is 2.07. The molecule has 1 aromatic rings. The van der Waals surface area contributed by atoms with E-state index in [4.69, 9.17) is 5.11 Å². The van der Waals surface area contributed by atoms with Gasteiger partial charge in [-0.15, -0.1) is 0 Å². The lowest BCUT2D eigenvalue weighted by atomic mass is 10.2. The van der Waals surface area contributed by atoms with E-state index in [1.54, 1.807) is 11.8 Å². The lowest BCUT2D eigenvalue weighted by Gasteiger charge is -2.05. The normalized spacial score (nSPS) is 12.8. The molecule has 0 saturated heterocycles. The maximum Gasteiger partial charge on any atom is 0.304 e. The Morgan fingerprint density at radius 2 is 2.12 bits per heavy atom. The van der Waals surface area contributed by atoms with Gasteiger partial charge in [-0.3, -0.25) is 4.79 Å². The predicted octanol–water partition coefficient (Wildman–Crippen LogP) is 3.30. The number of benzene rings is 1. The highest BCUT2D eigenvalue weighted by Crippen LogP contribution is 2.14. The lowest BCUT2D eigenvalue weighted by molar-refractivity contribution is -0.136. The number of carboxylic acid groups (broad SMARTS) is 1. The largest absolute Gasteiger partial charge is 0.481 e. The number of carbonyl (C=O) groups is 1. The molecule has 0 radical (unpaired) electrons. The summed E-state index contributed by atoms with van der Waals surface area (Å²) in [4.78, 5) is 10.4. The van der Waals surface area contributed by atoms with Crippen molar-refractivity contribution < 1.29 is 9.90 Å². The van der Waals surface area contributed by atoms with Gasteiger partial charge >= 0.3 is 5.97 Å². The summed E-state index contributed by atoms with van der Waals surface area (Å²) in [6, 6.07) is 10.1. The highest BCUT2D eigenvalue weighted by Gasteiger charge is 2.05. The highest BCUT2D eigenvalue weighted by atomic mass is 32.2. The van der Waals surface area contributed by atoms with Gasteiger partial charge in [0.05, 0.1) is 6.42 Å². The van der Waals surface area contributed by atoms with Crippen LogP contribution in [0, 0.1) is 0 Å². The van der Waals surface area contributed by atoms with Gasteiger partial charge in [-0.1, -0.05) is 49.4 Å². The fraction of sp³-hybridized carbons (Fsp3) is 0.308. The first-order valence-electron chi connectivity index (χ1n) is 5.23. The Bertz CT molecular complexity index is 346. The molecule has 1 N–H and O–H groups in total. The Balaban J connectivity index is 2.25. The smallest absolute Gasteiger partial charge is 0.304 e. The molecule has 16 heavy (non-hydrogen) atoms. The molecule has 86 valence electrons. The molecule has 1 atom stereocenters. The van der Waals surface area contributed by atoms with Gasteiger partial charge in [0.25, 0.3) is 0 Å². The van der Waals surface area contributed by atoms with E-state index in [1.165, 1.54) is 5.56 Å². The first kappa shape index (κ1) is 12.8. The number of thioether (sulfide) groups is 1. The third-order valence-corrected chi connectivity index (χ3v) is 3.17. The zero-order chi connectivity index (χ0) is 11.8. The highest BCUT2D eigenvalue weighted by molar-refractivity contribution is 8.00. The Morgan fingerprint density at radius 1 is 1.44 bits per heavy atom. The second-order valence-electron chi connectivity index (χ2n) is 3.55. The molecular formula is C13H16O2S. The molecule has 2 nitrogen and oxygen atoms in total. The summed E-state index contributed by atoms with van der Waals surface area (Å²) in [5.41, 5.74) is 1.17. The second-order valence-corrected chi connectivity index (χ2v) is 5.03. The number of rotatable bonds is 6. The van der Waals surface area contributed by atoms with Crippen molar-refractivity contribution in [2.75, 3.05) is 5.75 Å². The molecule has 0 spiro atoms. The summed E-state index contributed by atoms with van der Waals surface area (Å²) < 4.78 is 0. The molecular weight excluding hydrogens is 220 g/mol. The monoisotopic (exact) mass is 236 g/mol. The van der Waals surface area contributed by atoms with Gasteiger partial charge in [-0.25, -0.2) is 0 Å². The summed E-state index contributed by atoms with van der Waals surface area (Å²) in [5.74, 6) is 0.121. The van der Waals surface area contributed by atoms with Crippen LogP contribution in [0.1, 0.15) is 18.9 Å². The van der Waals surface area contributed by atoms with Crippen molar-refractivity contribution in [3.8, 4) is 0 Å². The molecule has 3 heteroatoms. The molecule has 0 saturated carbocycles. The zero-order valence-electron chi connectivity index (χ0n) is 9.30. The van der Waals surface area contributed by atoms with Crippen LogP contribution < -0.4 is 0 Å². The van der Waals surface area contributed by atoms with Crippen molar-refractivity contribution >= 4 is 23.8 Å². The van der Waals surface area contributed by atoms with Crippen molar-refractivity contribution in [2.45, 2.75) is 18.6 Å². The van der Waals surface area contributed by atoms with Crippen molar-refractivity contribution in [1.29, 1.82) is 0 Å². The van der Waals surface area contributed by atoms with E-state index in [9.17, 15) is 4.79 Å².